The van der Waals surface area contributed by atoms with Crippen LogP contribution >= 0.6 is 23.1 Å². The molecule has 3 N–H and O–H groups in total. The molecule has 1 aromatic carbocycles. The van der Waals surface area contributed by atoms with Gasteiger partial charge in [0, 0.05) is 30.1 Å². The van der Waals surface area contributed by atoms with Crippen molar-refractivity contribution in [1.82, 2.24) is 9.97 Å². The summed E-state index contributed by atoms with van der Waals surface area (Å²) >= 11 is 2.98. The van der Waals surface area contributed by atoms with Gasteiger partial charge in [0.15, 0.2) is 5.16 Å². The molecule has 0 saturated carbocycles. The first kappa shape index (κ1) is 25.9. The summed E-state index contributed by atoms with van der Waals surface area (Å²) in [5.74, 6) is 1.79. The van der Waals surface area contributed by atoms with Crippen LogP contribution in [0, 0.1) is 0 Å². The zero-order chi connectivity index (χ0) is 25.8. The van der Waals surface area contributed by atoms with Crippen molar-refractivity contribution in [1.29, 1.82) is 0 Å². The fourth-order valence-electron chi connectivity index (χ4n) is 4.79. The normalized spacial score (nSPS) is 15.5. The van der Waals surface area contributed by atoms with Crippen molar-refractivity contribution in [2.45, 2.75) is 44.7 Å². The number of hydrogen-bond acceptors (Lipinski definition) is 10. The molecule has 1 saturated heterocycles. The fourth-order valence-corrected chi connectivity index (χ4v) is 6.77. The number of anilines is 3. The van der Waals surface area contributed by atoms with Gasteiger partial charge in [-0.2, -0.15) is 0 Å². The molecule has 1 aliphatic heterocycles. The molecule has 2 aromatic heterocycles. The summed E-state index contributed by atoms with van der Waals surface area (Å²) < 4.78 is 17.3. The first-order valence-electron chi connectivity index (χ1n) is 12.8. The molecule has 3 aromatic rings. The first-order chi connectivity index (χ1) is 18.1. The van der Waals surface area contributed by atoms with Crippen molar-refractivity contribution in [3.63, 3.8) is 0 Å². The molecule has 11 heteroatoms. The number of nitrogens with one attached hydrogen (secondary N) is 1. The molecule has 1 fully saturated rings. The van der Waals surface area contributed by atoms with E-state index in [9.17, 15) is 4.79 Å². The number of aryl methyl sites for hydroxylation is 2. The molecule has 1 amide bonds. The number of rotatable bonds is 9. The number of nitrogens with zero attached hydrogens (tertiary/aromatic N) is 3. The Bertz CT molecular complexity index is 1280. The number of carbonyl (C=O) groups is 1. The maximum atomic E-state index is 13.0. The van der Waals surface area contributed by atoms with Gasteiger partial charge in [-0.1, -0.05) is 11.8 Å². The number of morpholine rings is 1. The molecule has 1 aliphatic carbocycles. The van der Waals surface area contributed by atoms with Gasteiger partial charge in [0.05, 0.1) is 48.9 Å². The highest BCUT2D eigenvalue weighted by Gasteiger charge is 2.22. The van der Waals surface area contributed by atoms with Crippen molar-refractivity contribution < 1.29 is 19.0 Å². The van der Waals surface area contributed by atoms with Crippen LogP contribution in [0.2, 0.25) is 0 Å². The molecular formula is C26H33N5O4S2. The monoisotopic (exact) mass is 543 g/mol. The van der Waals surface area contributed by atoms with E-state index in [4.69, 9.17) is 24.9 Å². The molecule has 0 radical (unpaired) electrons. The number of thioether (sulfide) groups is 1. The Labute approximate surface area is 225 Å². The van der Waals surface area contributed by atoms with Crippen LogP contribution in [0.5, 0.6) is 11.5 Å². The quantitative estimate of drug-likeness (QED) is 0.297. The van der Waals surface area contributed by atoms with Gasteiger partial charge in [0.25, 0.3) is 0 Å². The maximum Gasteiger partial charge on any atom is 0.234 e. The van der Waals surface area contributed by atoms with Crippen LogP contribution in [0.4, 0.5) is 17.2 Å². The second kappa shape index (κ2) is 11.7. The smallest absolute Gasteiger partial charge is 0.234 e. The molecule has 3 heterocycles. The van der Waals surface area contributed by atoms with Gasteiger partial charge in [0.1, 0.15) is 22.1 Å². The summed E-state index contributed by atoms with van der Waals surface area (Å²) in [5.41, 5.74) is 9.16. The third-order valence-electron chi connectivity index (χ3n) is 6.44. The number of thiophene rings is 1. The Morgan fingerprint density at radius 2 is 1.89 bits per heavy atom. The van der Waals surface area contributed by atoms with Crippen molar-refractivity contribution in [2.24, 2.45) is 0 Å². The third kappa shape index (κ3) is 5.73. The van der Waals surface area contributed by atoms with Crippen molar-refractivity contribution in [3.8, 4) is 11.5 Å². The van der Waals surface area contributed by atoms with E-state index in [0.717, 1.165) is 41.8 Å². The van der Waals surface area contributed by atoms with E-state index >= 15 is 0 Å². The van der Waals surface area contributed by atoms with E-state index in [1.165, 1.54) is 35.0 Å². The summed E-state index contributed by atoms with van der Waals surface area (Å²) in [5, 5.41) is 4.51. The summed E-state index contributed by atoms with van der Waals surface area (Å²) in [6.45, 7) is 7.74. The molecule has 0 spiro atoms. The molecule has 2 aliphatic rings. The van der Waals surface area contributed by atoms with Crippen LogP contribution in [0.1, 0.15) is 37.1 Å². The van der Waals surface area contributed by atoms with Crippen LogP contribution in [0.25, 0.3) is 10.2 Å². The largest absolute Gasteiger partial charge is 0.492 e. The highest BCUT2D eigenvalue weighted by atomic mass is 32.2. The van der Waals surface area contributed by atoms with Crippen LogP contribution < -0.4 is 25.4 Å². The molecule has 198 valence electrons. The highest BCUT2D eigenvalue weighted by molar-refractivity contribution is 7.99. The van der Waals surface area contributed by atoms with E-state index in [1.54, 1.807) is 11.3 Å². The standard InChI is InChI=1S/C26H33N5O4S2/c1-3-34-19-14-18(31-9-11-33-12-10-31)20(35-4-2)13-17(19)28-22(32)15-36-26-29-24(27)23-16-7-5-6-8-21(16)37-25(23)30-26/h13-14H,3-12,15H2,1-2H3,(H,28,32)(H2,27,29,30). The van der Waals surface area contributed by atoms with Crippen molar-refractivity contribution in [3.05, 3.63) is 22.6 Å². The Kier molecular flexibility index (Phi) is 8.21. The Hall–Kier alpha value is -2.76. The Morgan fingerprint density at radius 1 is 1.14 bits per heavy atom. The maximum absolute atomic E-state index is 13.0. The molecule has 0 unspecified atom stereocenters. The molecule has 5 rings (SSSR count). The molecule has 37 heavy (non-hydrogen) atoms. The summed E-state index contributed by atoms with van der Waals surface area (Å²) in [7, 11) is 0. The van der Waals surface area contributed by atoms with Gasteiger partial charge in [-0.15, -0.1) is 11.3 Å². The minimum Gasteiger partial charge on any atom is -0.492 e. The lowest BCUT2D eigenvalue weighted by Gasteiger charge is -2.31. The van der Waals surface area contributed by atoms with Gasteiger partial charge in [-0.3, -0.25) is 4.79 Å². The summed E-state index contributed by atoms with van der Waals surface area (Å²) in [6.07, 6.45) is 4.50. The topological polar surface area (TPSA) is 112 Å². The van der Waals surface area contributed by atoms with Crippen LogP contribution in [0.3, 0.4) is 0 Å². The third-order valence-corrected chi connectivity index (χ3v) is 8.47. The lowest BCUT2D eigenvalue weighted by atomic mass is 9.97. The van der Waals surface area contributed by atoms with Crippen molar-refractivity contribution >= 4 is 56.4 Å². The summed E-state index contributed by atoms with van der Waals surface area (Å²) in [4.78, 5) is 26.7. The number of ether oxygens (including phenoxy) is 3. The molecular weight excluding hydrogens is 510 g/mol. The van der Waals surface area contributed by atoms with Gasteiger partial charge in [-0.25, -0.2) is 9.97 Å². The SMILES string of the molecule is CCOc1cc(N2CCOCC2)c(OCC)cc1NC(=O)CSc1nc(N)c2c3c(sc2n1)CCCC3. The molecule has 0 bridgehead atoms. The molecule has 9 nitrogen and oxygen atoms in total. The lowest BCUT2D eigenvalue weighted by Crippen LogP contribution is -2.36. The minimum absolute atomic E-state index is 0.150. The number of nitrogen functional groups attached to an aromatic ring is 1. The highest BCUT2D eigenvalue weighted by Crippen LogP contribution is 2.40. The van der Waals surface area contributed by atoms with Gasteiger partial charge >= 0.3 is 0 Å². The van der Waals surface area contributed by atoms with Crippen LogP contribution in [-0.2, 0) is 22.4 Å². The van der Waals surface area contributed by atoms with Gasteiger partial charge in [-0.05, 0) is 45.1 Å². The van der Waals surface area contributed by atoms with Gasteiger partial charge in [0.2, 0.25) is 5.91 Å². The van der Waals surface area contributed by atoms with Gasteiger partial charge < -0.3 is 30.2 Å². The fraction of sp³-hybridized carbons (Fsp3) is 0.500. The van der Waals surface area contributed by atoms with Crippen molar-refractivity contribution in [2.75, 3.05) is 61.2 Å². The Morgan fingerprint density at radius 3 is 2.68 bits per heavy atom. The number of fused-ring (bicyclic) bond motifs is 3. The van der Waals surface area contributed by atoms with Crippen LogP contribution in [0.15, 0.2) is 17.3 Å². The van der Waals surface area contributed by atoms with E-state index in [2.05, 4.69) is 15.2 Å². The Balaban J connectivity index is 1.32. The molecule has 0 atom stereocenters. The predicted octanol–water partition coefficient (Wildman–Crippen LogP) is 4.52. The number of benzene rings is 1. The van der Waals surface area contributed by atoms with E-state index in [1.807, 2.05) is 26.0 Å². The number of aromatic nitrogens is 2. The lowest BCUT2D eigenvalue weighted by molar-refractivity contribution is -0.113. The number of hydrogen-bond donors (Lipinski definition) is 2. The van der Waals surface area contributed by atoms with E-state index < -0.39 is 0 Å². The summed E-state index contributed by atoms with van der Waals surface area (Å²) in [6, 6.07) is 3.79. The minimum atomic E-state index is -0.180. The van der Waals surface area contributed by atoms with E-state index in [0.29, 0.717) is 54.6 Å². The van der Waals surface area contributed by atoms with E-state index in [-0.39, 0.29) is 11.7 Å². The second-order valence-corrected chi connectivity index (χ2v) is 10.9. The average molecular weight is 544 g/mol. The average Bonchev–Trinajstić information content (AvgIpc) is 3.28. The first-order valence-corrected chi connectivity index (χ1v) is 14.6. The predicted molar refractivity (Wildman–Crippen MR) is 150 cm³/mol. The zero-order valence-electron chi connectivity index (χ0n) is 21.3. The van der Waals surface area contributed by atoms with Crippen LogP contribution in [-0.4, -0.2) is 61.1 Å². The number of nitrogens with two attached hydrogens (primary N) is 1. The zero-order valence-corrected chi connectivity index (χ0v) is 22.9. The second-order valence-electron chi connectivity index (χ2n) is 8.90. The number of carbonyl (C=O) groups excluding carboxylic acids is 1. The number of amides is 1.